The normalized spacial score (nSPS) is 12.4. The molecular weight excluding hydrogens is 256 g/mol. The monoisotopic (exact) mass is 264 g/mol. The van der Waals surface area contributed by atoms with E-state index in [-0.39, 0.29) is 0 Å². The number of hydrogen-bond acceptors (Lipinski definition) is 3. The number of hydrogen-bond donors (Lipinski definition) is 1. The largest absolute Gasteiger partial charge is 0.382 e. The quantitative estimate of drug-likeness (QED) is 0.906. The van der Waals surface area contributed by atoms with Crippen molar-refractivity contribution < 1.29 is 5.11 Å². The van der Waals surface area contributed by atoms with Gasteiger partial charge in [-0.1, -0.05) is 28.1 Å². The van der Waals surface area contributed by atoms with Gasteiger partial charge in [-0.3, -0.25) is 9.97 Å². The molecule has 2 aromatic rings. The van der Waals surface area contributed by atoms with Gasteiger partial charge in [-0.05, 0) is 17.7 Å². The molecule has 0 aliphatic carbocycles. The molecule has 0 aliphatic rings. The molecular formula is C11H9BrN2O. The maximum absolute atomic E-state index is 9.99. The fourth-order valence-corrected chi connectivity index (χ4v) is 1.72. The summed E-state index contributed by atoms with van der Waals surface area (Å²) in [5.74, 6) is 0. The van der Waals surface area contributed by atoms with E-state index < -0.39 is 6.10 Å². The Bertz CT molecular complexity index is 447. The van der Waals surface area contributed by atoms with Gasteiger partial charge in [0.05, 0.1) is 11.9 Å². The van der Waals surface area contributed by atoms with Crippen LogP contribution in [0.4, 0.5) is 0 Å². The van der Waals surface area contributed by atoms with Gasteiger partial charge >= 0.3 is 0 Å². The van der Waals surface area contributed by atoms with E-state index in [9.17, 15) is 5.11 Å². The predicted octanol–water partition coefficient (Wildman–Crippen LogP) is 2.32. The van der Waals surface area contributed by atoms with Gasteiger partial charge in [-0.25, -0.2) is 0 Å². The van der Waals surface area contributed by atoms with Crippen molar-refractivity contribution in [1.29, 1.82) is 0 Å². The molecule has 76 valence electrons. The number of aromatic nitrogens is 2. The van der Waals surface area contributed by atoms with Crippen LogP contribution in [0.1, 0.15) is 17.4 Å². The average Bonchev–Trinajstić information content (AvgIpc) is 2.29. The van der Waals surface area contributed by atoms with Crippen LogP contribution in [-0.2, 0) is 0 Å². The first-order valence-electron chi connectivity index (χ1n) is 4.47. The zero-order chi connectivity index (χ0) is 10.7. The SMILES string of the molecule is OC(c1cccc(Br)c1)c1cnccn1. The van der Waals surface area contributed by atoms with E-state index in [1.165, 1.54) is 0 Å². The van der Waals surface area contributed by atoms with Crippen molar-refractivity contribution in [2.45, 2.75) is 6.10 Å². The van der Waals surface area contributed by atoms with Crippen LogP contribution in [0, 0.1) is 0 Å². The molecule has 0 aliphatic heterocycles. The van der Waals surface area contributed by atoms with E-state index in [0.29, 0.717) is 5.69 Å². The molecule has 15 heavy (non-hydrogen) atoms. The molecule has 0 saturated carbocycles. The number of aliphatic hydroxyl groups excluding tert-OH is 1. The first-order valence-corrected chi connectivity index (χ1v) is 5.26. The lowest BCUT2D eigenvalue weighted by Gasteiger charge is -2.09. The number of nitrogens with zero attached hydrogens (tertiary/aromatic N) is 2. The topological polar surface area (TPSA) is 46.0 Å². The summed E-state index contributed by atoms with van der Waals surface area (Å²) >= 11 is 3.36. The zero-order valence-corrected chi connectivity index (χ0v) is 9.42. The highest BCUT2D eigenvalue weighted by Crippen LogP contribution is 2.22. The molecule has 2 rings (SSSR count). The lowest BCUT2D eigenvalue weighted by molar-refractivity contribution is 0.214. The average molecular weight is 265 g/mol. The highest BCUT2D eigenvalue weighted by atomic mass is 79.9. The van der Waals surface area contributed by atoms with Gasteiger partial charge in [0.2, 0.25) is 0 Å². The maximum Gasteiger partial charge on any atom is 0.123 e. The van der Waals surface area contributed by atoms with Crippen LogP contribution >= 0.6 is 15.9 Å². The minimum atomic E-state index is -0.726. The lowest BCUT2D eigenvalue weighted by Crippen LogP contribution is -2.02. The van der Waals surface area contributed by atoms with E-state index in [4.69, 9.17) is 0 Å². The summed E-state index contributed by atoms with van der Waals surface area (Å²) in [4.78, 5) is 7.98. The Balaban J connectivity index is 2.32. The van der Waals surface area contributed by atoms with Crippen LogP contribution < -0.4 is 0 Å². The summed E-state index contributed by atoms with van der Waals surface area (Å²) in [5.41, 5.74) is 1.35. The molecule has 0 amide bonds. The molecule has 0 bridgehead atoms. The molecule has 3 nitrogen and oxygen atoms in total. The van der Waals surface area contributed by atoms with Crippen molar-refractivity contribution in [3.8, 4) is 0 Å². The first-order chi connectivity index (χ1) is 7.27. The van der Waals surface area contributed by atoms with Gasteiger partial charge in [0, 0.05) is 16.9 Å². The van der Waals surface area contributed by atoms with Crippen molar-refractivity contribution in [1.82, 2.24) is 9.97 Å². The first kappa shape index (κ1) is 10.3. The molecule has 1 aromatic carbocycles. The van der Waals surface area contributed by atoms with Crippen LogP contribution in [-0.4, -0.2) is 15.1 Å². The standard InChI is InChI=1S/C11H9BrN2O/c12-9-3-1-2-8(6-9)11(15)10-7-13-4-5-14-10/h1-7,11,15H. The fourth-order valence-electron chi connectivity index (χ4n) is 1.30. The second-order valence-electron chi connectivity index (χ2n) is 3.09. The van der Waals surface area contributed by atoms with Gasteiger partial charge in [0.1, 0.15) is 6.10 Å². The molecule has 0 saturated heterocycles. The summed E-state index contributed by atoms with van der Waals surface area (Å²) in [6.45, 7) is 0. The molecule has 1 heterocycles. The van der Waals surface area contributed by atoms with Gasteiger partial charge in [-0.15, -0.1) is 0 Å². The molecule has 0 fully saturated rings. The van der Waals surface area contributed by atoms with Gasteiger partial charge in [0.25, 0.3) is 0 Å². The van der Waals surface area contributed by atoms with Gasteiger partial charge < -0.3 is 5.11 Å². The number of halogens is 1. The molecule has 0 radical (unpaired) electrons. The highest BCUT2D eigenvalue weighted by Gasteiger charge is 2.11. The Kier molecular flexibility index (Phi) is 3.08. The Morgan fingerprint density at radius 1 is 1.27 bits per heavy atom. The van der Waals surface area contributed by atoms with Gasteiger partial charge in [-0.2, -0.15) is 0 Å². The van der Waals surface area contributed by atoms with Crippen LogP contribution in [0.25, 0.3) is 0 Å². The lowest BCUT2D eigenvalue weighted by atomic mass is 10.1. The van der Waals surface area contributed by atoms with E-state index in [1.54, 1.807) is 18.6 Å². The minimum Gasteiger partial charge on any atom is -0.382 e. The third kappa shape index (κ3) is 2.40. The fraction of sp³-hybridized carbons (Fsp3) is 0.0909. The summed E-state index contributed by atoms with van der Waals surface area (Å²) < 4.78 is 0.933. The Morgan fingerprint density at radius 2 is 2.13 bits per heavy atom. The third-order valence-corrected chi connectivity index (χ3v) is 2.52. The zero-order valence-electron chi connectivity index (χ0n) is 7.84. The highest BCUT2D eigenvalue weighted by molar-refractivity contribution is 9.10. The summed E-state index contributed by atoms with van der Waals surface area (Å²) in [7, 11) is 0. The molecule has 0 spiro atoms. The molecule has 1 unspecified atom stereocenters. The van der Waals surface area contributed by atoms with Crippen molar-refractivity contribution >= 4 is 15.9 Å². The minimum absolute atomic E-state index is 0.551. The molecule has 4 heteroatoms. The number of aliphatic hydroxyl groups is 1. The van der Waals surface area contributed by atoms with Crippen LogP contribution in [0.5, 0.6) is 0 Å². The van der Waals surface area contributed by atoms with Crippen molar-refractivity contribution in [2.24, 2.45) is 0 Å². The Hall–Kier alpha value is -1.26. The number of rotatable bonds is 2. The molecule has 1 N–H and O–H groups in total. The predicted molar refractivity (Wildman–Crippen MR) is 60.2 cm³/mol. The van der Waals surface area contributed by atoms with E-state index in [2.05, 4.69) is 25.9 Å². The number of benzene rings is 1. The van der Waals surface area contributed by atoms with Crippen molar-refractivity contribution in [3.05, 3.63) is 58.6 Å². The summed E-state index contributed by atoms with van der Waals surface area (Å²) in [6.07, 6.45) is 3.98. The van der Waals surface area contributed by atoms with Gasteiger partial charge in [0.15, 0.2) is 0 Å². The van der Waals surface area contributed by atoms with Crippen LogP contribution in [0.3, 0.4) is 0 Å². The Labute approximate surface area is 96.0 Å². The summed E-state index contributed by atoms with van der Waals surface area (Å²) in [6, 6.07) is 7.50. The molecule has 1 aromatic heterocycles. The van der Waals surface area contributed by atoms with E-state index >= 15 is 0 Å². The Morgan fingerprint density at radius 3 is 2.80 bits per heavy atom. The second-order valence-corrected chi connectivity index (χ2v) is 4.00. The third-order valence-electron chi connectivity index (χ3n) is 2.03. The van der Waals surface area contributed by atoms with Crippen molar-refractivity contribution in [2.75, 3.05) is 0 Å². The van der Waals surface area contributed by atoms with Crippen LogP contribution in [0.2, 0.25) is 0 Å². The maximum atomic E-state index is 9.99. The van der Waals surface area contributed by atoms with E-state index in [1.807, 2.05) is 24.3 Å². The summed E-state index contributed by atoms with van der Waals surface area (Å²) in [5, 5.41) is 9.99. The molecule has 1 atom stereocenters. The second kappa shape index (κ2) is 4.51. The van der Waals surface area contributed by atoms with E-state index in [0.717, 1.165) is 10.0 Å². The smallest absolute Gasteiger partial charge is 0.123 e. The van der Waals surface area contributed by atoms with Crippen LogP contribution in [0.15, 0.2) is 47.3 Å². The van der Waals surface area contributed by atoms with Crippen molar-refractivity contribution in [3.63, 3.8) is 0 Å².